The summed E-state index contributed by atoms with van der Waals surface area (Å²) in [6, 6.07) is 1.61. The Morgan fingerprint density at radius 2 is 0.875 bits per heavy atom. The SMILES string of the molecule is CN[C@@H](C)C(=O)N[C@H](C(=O)N1C[C@@H](CC(=O)c2cccc(C(=O)C[C@H]3C[C@@H](C(=O)N[C@H](C)C(C)C)N(C(=O)[C@@H](NC(=O)[C@H](C)NC)C(C)C)C3)c2)C[C@H]1C(=O)N[C@H](C)C(C)C)C(C)C. The van der Waals surface area contributed by atoms with Crippen molar-refractivity contribution in [1.82, 2.24) is 41.7 Å². The normalized spacial score (nSPS) is 21.6. The Morgan fingerprint density at radius 1 is 0.531 bits per heavy atom. The van der Waals surface area contributed by atoms with Gasteiger partial charge in [0.15, 0.2) is 11.6 Å². The van der Waals surface area contributed by atoms with Gasteiger partial charge in [0.2, 0.25) is 35.4 Å². The van der Waals surface area contributed by atoms with Gasteiger partial charge in [-0.3, -0.25) is 38.4 Å². The van der Waals surface area contributed by atoms with Crippen molar-refractivity contribution in [3.8, 4) is 0 Å². The van der Waals surface area contributed by atoms with E-state index in [1.54, 1.807) is 52.2 Å². The number of carbonyl (C=O) groups is 8. The molecule has 2 fully saturated rings. The van der Waals surface area contributed by atoms with Crippen LogP contribution in [0.1, 0.15) is 129 Å². The molecule has 0 unspecified atom stereocenters. The van der Waals surface area contributed by atoms with Gasteiger partial charge in [-0.1, -0.05) is 73.6 Å². The zero-order valence-corrected chi connectivity index (χ0v) is 40.8. The molecular weight excluding hydrogens is 817 g/mol. The quantitative estimate of drug-likeness (QED) is 0.0936. The molecule has 0 bridgehead atoms. The first kappa shape index (κ1) is 53.6. The van der Waals surface area contributed by atoms with Gasteiger partial charge in [0, 0.05) is 49.1 Å². The Kier molecular flexibility index (Phi) is 20.1. The zero-order chi connectivity index (χ0) is 48.3. The molecule has 358 valence electrons. The van der Waals surface area contributed by atoms with E-state index in [-0.39, 0.29) is 133 Å². The van der Waals surface area contributed by atoms with E-state index in [9.17, 15) is 38.4 Å². The van der Waals surface area contributed by atoms with E-state index in [4.69, 9.17) is 0 Å². The Labute approximate surface area is 381 Å². The molecule has 0 radical (unpaired) electrons. The number of likely N-dealkylation sites (N-methyl/N-ethyl adjacent to an activating group) is 2. The fraction of sp³-hybridized carbons (Fsp3) is 0.708. The summed E-state index contributed by atoms with van der Waals surface area (Å²) in [5.74, 6) is -3.59. The van der Waals surface area contributed by atoms with Gasteiger partial charge in [-0.05, 0) is 96.2 Å². The number of Topliss-reactive ketones (excluding diaryl/α,β-unsaturated/α-hetero) is 2. The molecule has 0 saturated carbocycles. The van der Waals surface area contributed by atoms with Crippen LogP contribution in [0, 0.1) is 35.5 Å². The van der Waals surface area contributed by atoms with Gasteiger partial charge in [0.25, 0.3) is 0 Å². The van der Waals surface area contributed by atoms with Crippen LogP contribution in [0.3, 0.4) is 0 Å². The summed E-state index contributed by atoms with van der Waals surface area (Å²) < 4.78 is 0. The van der Waals surface area contributed by atoms with Crippen molar-refractivity contribution in [2.45, 2.75) is 157 Å². The molecule has 2 aliphatic rings. The second kappa shape index (κ2) is 24.0. The molecule has 1 aromatic rings. The highest BCUT2D eigenvalue weighted by atomic mass is 16.2. The molecule has 6 amide bonds. The molecule has 3 rings (SSSR count). The third-order valence-electron chi connectivity index (χ3n) is 13.3. The van der Waals surface area contributed by atoms with Crippen molar-refractivity contribution >= 4 is 47.0 Å². The lowest BCUT2D eigenvalue weighted by Crippen LogP contribution is -2.57. The van der Waals surface area contributed by atoms with Crippen molar-refractivity contribution in [2.24, 2.45) is 35.5 Å². The average molecular weight is 895 g/mol. The van der Waals surface area contributed by atoms with E-state index >= 15 is 0 Å². The van der Waals surface area contributed by atoms with Crippen LogP contribution in [0.5, 0.6) is 0 Å². The summed E-state index contributed by atoms with van der Waals surface area (Å²) in [6.07, 6.45) is 0.532. The standard InChI is InChI=1S/C48H78N8O8/c1-25(2)29(9)51-45(61)37-18-33(23-55(37)47(63)41(27(5)6)53-43(59)31(11)49-13)20-39(57)35-16-15-17-36(22-35)40(58)21-34-19-38(46(62)52-30(10)26(3)4)56(24-34)48(64)42(28(7)8)54-44(60)32(12)50-14/h15-17,22,25-34,37-38,41-42,49-50H,18-21,23-24H2,1-14H3,(H,51,61)(H,52,62)(H,53,59)(H,54,60)/t29-,30-,31+,32+,33-,34-,37+,38+,41+,42+/m1/s1. The maximum Gasteiger partial charge on any atom is 0.246 e. The van der Waals surface area contributed by atoms with Crippen molar-refractivity contribution in [1.29, 1.82) is 0 Å². The highest BCUT2D eigenvalue weighted by molar-refractivity contribution is 6.02. The summed E-state index contributed by atoms with van der Waals surface area (Å²) in [7, 11) is 3.31. The van der Waals surface area contributed by atoms with Gasteiger partial charge in [-0.2, -0.15) is 0 Å². The zero-order valence-electron chi connectivity index (χ0n) is 40.8. The van der Waals surface area contributed by atoms with Crippen LogP contribution in [0.4, 0.5) is 0 Å². The maximum atomic E-state index is 14.2. The first-order chi connectivity index (χ1) is 29.9. The van der Waals surface area contributed by atoms with Gasteiger partial charge < -0.3 is 41.7 Å². The predicted octanol–water partition coefficient (Wildman–Crippen LogP) is 3.09. The number of hydrogen-bond donors (Lipinski definition) is 6. The molecule has 2 heterocycles. The predicted molar refractivity (Wildman–Crippen MR) is 247 cm³/mol. The summed E-state index contributed by atoms with van der Waals surface area (Å²) in [4.78, 5) is 113. The first-order valence-electron chi connectivity index (χ1n) is 23.2. The van der Waals surface area contributed by atoms with Crippen molar-refractivity contribution in [3.05, 3.63) is 35.4 Å². The highest BCUT2D eigenvalue weighted by Gasteiger charge is 2.45. The lowest BCUT2D eigenvalue weighted by molar-refractivity contribution is -0.142. The van der Waals surface area contributed by atoms with E-state index < -0.39 is 36.3 Å². The lowest BCUT2D eigenvalue weighted by atomic mass is 9.92. The summed E-state index contributed by atoms with van der Waals surface area (Å²) >= 11 is 0. The monoisotopic (exact) mass is 895 g/mol. The highest BCUT2D eigenvalue weighted by Crippen LogP contribution is 2.32. The number of rotatable bonds is 22. The molecular formula is C48H78N8O8. The molecule has 0 spiro atoms. The summed E-state index contributed by atoms with van der Waals surface area (Å²) in [5, 5.41) is 17.6. The van der Waals surface area contributed by atoms with E-state index in [0.717, 1.165) is 0 Å². The number of benzene rings is 1. The van der Waals surface area contributed by atoms with Crippen LogP contribution in [-0.4, -0.2) is 132 Å². The average Bonchev–Trinajstić information content (AvgIpc) is 3.87. The van der Waals surface area contributed by atoms with Gasteiger partial charge in [-0.15, -0.1) is 0 Å². The molecule has 10 atom stereocenters. The fourth-order valence-corrected chi connectivity index (χ4v) is 7.93. The van der Waals surface area contributed by atoms with Crippen LogP contribution in [-0.2, 0) is 28.8 Å². The van der Waals surface area contributed by atoms with Crippen molar-refractivity contribution in [3.63, 3.8) is 0 Å². The number of likely N-dealkylation sites (tertiary alicyclic amines) is 2. The number of amides is 6. The molecule has 0 aromatic heterocycles. The number of carbonyl (C=O) groups excluding carboxylic acids is 8. The lowest BCUT2D eigenvalue weighted by Gasteiger charge is -2.32. The third-order valence-corrected chi connectivity index (χ3v) is 13.3. The Bertz CT molecular complexity index is 1710. The number of nitrogens with zero attached hydrogens (tertiary/aromatic N) is 2. The van der Waals surface area contributed by atoms with Crippen LogP contribution in [0.25, 0.3) is 0 Å². The molecule has 16 nitrogen and oxygen atoms in total. The first-order valence-corrected chi connectivity index (χ1v) is 23.2. The number of nitrogens with one attached hydrogen (secondary N) is 6. The summed E-state index contributed by atoms with van der Waals surface area (Å²) in [5.41, 5.74) is 0.626. The van der Waals surface area contributed by atoms with Crippen LogP contribution < -0.4 is 31.9 Å². The molecule has 64 heavy (non-hydrogen) atoms. The van der Waals surface area contributed by atoms with Crippen molar-refractivity contribution in [2.75, 3.05) is 27.2 Å². The Morgan fingerprint density at radius 3 is 1.17 bits per heavy atom. The Balaban J connectivity index is 1.83. The van der Waals surface area contributed by atoms with Crippen LogP contribution >= 0.6 is 0 Å². The topological polar surface area (TPSA) is 215 Å². The van der Waals surface area contributed by atoms with E-state index in [1.165, 1.54) is 9.80 Å². The number of ketones is 2. The largest absolute Gasteiger partial charge is 0.352 e. The van der Waals surface area contributed by atoms with Gasteiger partial charge in [0.1, 0.15) is 24.2 Å². The van der Waals surface area contributed by atoms with Crippen LogP contribution in [0.15, 0.2) is 24.3 Å². The van der Waals surface area contributed by atoms with Gasteiger partial charge >= 0.3 is 0 Å². The Hall–Kier alpha value is -4.70. The molecule has 2 saturated heterocycles. The van der Waals surface area contributed by atoms with Gasteiger partial charge in [0.05, 0.1) is 12.1 Å². The van der Waals surface area contributed by atoms with Crippen molar-refractivity contribution < 1.29 is 38.4 Å². The molecule has 16 heteroatoms. The van der Waals surface area contributed by atoms with E-state index in [1.807, 2.05) is 69.2 Å². The maximum absolute atomic E-state index is 14.2. The molecule has 6 N–H and O–H groups in total. The second-order valence-electron chi connectivity index (χ2n) is 19.6. The van der Waals surface area contributed by atoms with Crippen LogP contribution in [0.2, 0.25) is 0 Å². The van der Waals surface area contributed by atoms with E-state index in [2.05, 4.69) is 31.9 Å². The summed E-state index contributed by atoms with van der Waals surface area (Å²) in [6.45, 7) is 22.7. The second-order valence-corrected chi connectivity index (χ2v) is 19.6. The third kappa shape index (κ3) is 14.1. The smallest absolute Gasteiger partial charge is 0.246 e. The minimum atomic E-state index is -0.888. The molecule has 1 aromatic carbocycles. The van der Waals surface area contributed by atoms with Gasteiger partial charge in [-0.25, -0.2) is 0 Å². The number of hydrogen-bond acceptors (Lipinski definition) is 10. The minimum Gasteiger partial charge on any atom is -0.352 e. The van der Waals surface area contributed by atoms with E-state index in [0.29, 0.717) is 11.1 Å². The molecule has 0 aliphatic carbocycles. The minimum absolute atomic E-state index is 0.0202. The fourth-order valence-electron chi connectivity index (χ4n) is 7.93. The molecule has 2 aliphatic heterocycles.